The van der Waals surface area contributed by atoms with Crippen LogP contribution < -0.4 is 10.6 Å². The van der Waals surface area contributed by atoms with E-state index < -0.39 is 41.3 Å². The third-order valence-electron chi connectivity index (χ3n) is 5.47. The number of hydrogen-bond donors (Lipinski definition) is 5. The second-order valence-corrected chi connectivity index (χ2v) is 9.63. The number of hydrogen-bond acceptors (Lipinski definition) is 7. The van der Waals surface area contributed by atoms with Crippen LogP contribution in [-0.2, 0) is 9.53 Å². The molecule has 0 aromatic heterocycles. The lowest BCUT2D eigenvalue weighted by molar-refractivity contribution is -0.205. The zero-order valence-corrected chi connectivity index (χ0v) is 17.9. The third-order valence-corrected chi connectivity index (χ3v) is 6.59. The maximum absolute atomic E-state index is 12.8. The fourth-order valence-corrected chi connectivity index (χ4v) is 4.49. The molecule has 2 rings (SSSR count). The number of ether oxygens (including phenoxy) is 1. The SMILES string of the molecule is CSC1OC(C(NC(=O)C2NCC2CCC(C)C)C(C)Cl)C(O)C(O)C1O. The molecule has 5 N–H and O–H groups in total. The zero-order chi connectivity index (χ0) is 20.3. The van der Waals surface area contributed by atoms with E-state index in [1.807, 2.05) is 0 Å². The molecule has 2 aliphatic heterocycles. The van der Waals surface area contributed by atoms with Gasteiger partial charge in [0.05, 0.1) is 17.5 Å². The van der Waals surface area contributed by atoms with E-state index in [9.17, 15) is 20.1 Å². The van der Waals surface area contributed by atoms with Gasteiger partial charge in [-0.05, 0) is 31.4 Å². The normalized spacial score (nSPS) is 38.9. The average Bonchev–Trinajstić information content (AvgIpc) is 2.57. The van der Waals surface area contributed by atoms with Crippen molar-refractivity contribution in [3.8, 4) is 0 Å². The van der Waals surface area contributed by atoms with Crippen molar-refractivity contribution >= 4 is 29.3 Å². The first-order valence-electron chi connectivity index (χ1n) is 9.57. The van der Waals surface area contributed by atoms with Gasteiger partial charge >= 0.3 is 0 Å². The van der Waals surface area contributed by atoms with Crippen LogP contribution in [0.1, 0.15) is 33.6 Å². The van der Waals surface area contributed by atoms with Crippen LogP contribution in [0.4, 0.5) is 0 Å². The van der Waals surface area contributed by atoms with E-state index in [1.54, 1.807) is 13.2 Å². The Labute approximate surface area is 170 Å². The minimum Gasteiger partial charge on any atom is -0.388 e. The average molecular weight is 425 g/mol. The number of aliphatic hydroxyl groups is 3. The molecule has 27 heavy (non-hydrogen) atoms. The van der Waals surface area contributed by atoms with Gasteiger partial charge in [-0.3, -0.25) is 4.79 Å². The summed E-state index contributed by atoms with van der Waals surface area (Å²) in [6.07, 6.45) is -1.04. The number of nitrogens with one attached hydrogen (secondary N) is 2. The molecule has 9 heteroatoms. The molecule has 0 aromatic carbocycles. The van der Waals surface area contributed by atoms with E-state index >= 15 is 0 Å². The fourth-order valence-electron chi connectivity index (χ4n) is 3.60. The largest absolute Gasteiger partial charge is 0.388 e. The number of amides is 1. The summed E-state index contributed by atoms with van der Waals surface area (Å²) in [5.41, 5.74) is -0.705. The smallest absolute Gasteiger partial charge is 0.237 e. The monoisotopic (exact) mass is 424 g/mol. The van der Waals surface area contributed by atoms with Gasteiger partial charge in [0.25, 0.3) is 0 Å². The van der Waals surface area contributed by atoms with Gasteiger partial charge in [-0.25, -0.2) is 0 Å². The number of carbonyl (C=O) groups excluding carboxylic acids is 1. The van der Waals surface area contributed by atoms with Crippen molar-refractivity contribution in [2.45, 2.75) is 80.9 Å². The molecule has 9 atom stereocenters. The van der Waals surface area contributed by atoms with Crippen molar-refractivity contribution in [1.82, 2.24) is 10.6 Å². The fraction of sp³-hybridized carbons (Fsp3) is 0.944. The molecular weight excluding hydrogens is 392 g/mol. The van der Waals surface area contributed by atoms with Crippen LogP contribution in [0.3, 0.4) is 0 Å². The zero-order valence-electron chi connectivity index (χ0n) is 16.3. The molecule has 2 heterocycles. The minimum absolute atomic E-state index is 0.176. The van der Waals surface area contributed by atoms with Gasteiger partial charge in [0, 0.05) is 6.54 Å². The van der Waals surface area contributed by atoms with Gasteiger partial charge in [-0.15, -0.1) is 23.4 Å². The van der Waals surface area contributed by atoms with Crippen LogP contribution >= 0.6 is 23.4 Å². The topological polar surface area (TPSA) is 111 Å². The molecule has 0 saturated carbocycles. The van der Waals surface area contributed by atoms with Gasteiger partial charge in [0.1, 0.15) is 29.9 Å². The van der Waals surface area contributed by atoms with Gasteiger partial charge < -0.3 is 30.7 Å². The Morgan fingerprint density at radius 3 is 2.41 bits per heavy atom. The standard InChI is InChI=1S/C18H33ClN2O5S/c1-8(2)5-6-10-7-20-12(10)17(25)21-11(9(3)19)16-14(23)13(22)15(24)18(26-16)27-4/h8-16,18,20,22-24H,5-7H2,1-4H3,(H,21,25). The predicted molar refractivity (Wildman–Crippen MR) is 107 cm³/mol. The second-order valence-electron chi connectivity index (χ2n) is 8.01. The van der Waals surface area contributed by atoms with E-state index in [4.69, 9.17) is 16.3 Å². The number of thioether (sulfide) groups is 1. The number of carbonyl (C=O) groups is 1. The van der Waals surface area contributed by atoms with Crippen molar-refractivity contribution in [3.63, 3.8) is 0 Å². The highest BCUT2D eigenvalue weighted by molar-refractivity contribution is 7.99. The third kappa shape index (κ3) is 5.50. The Hall–Kier alpha value is -0.0900. The highest BCUT2D eigenvalue weighted by atomic mass is 35.5. The maximum atomic E-state index is 12.8. The molecule has 7 nitrogen and oxygen atoms in total. The molecular formula is C18H33ClN2O5S. The van der Waals surface area contributed by atoms with E-state index in [0.29, 0.717) is 5.92 Å². The molecule has 2 fully saturated rings. The molecule has 2 aliphatic rings. The Morgan fingerprint density at radius 2 is 1.93 bits per heavy atom. The highest BCUT2D eigenvalue weighted by Crippen LogP contribution is 2.30. The predicted octanol–water partition coefficient (Wildman–Crippen LogP) is 0.293. The van der Waals surface area contributed by atoms with Crippen molar-refractivity contribution in [2.24, 2.45) is 11.8 Å². The van der Waals surface area contributed by atoms with Crippen molar-refractivity contribution in [1.29, 1.82) is 0 Å². The maximum Gasteiger partial charge on any atom is 0.237 e. The Morgan fingerprint density at radius 1 is 1.26 bits per heavy atom. The summed E-state index contributed by atoms with van der Waals surface area (Å²) in [4.78, 5) is 12.8. The van der Waals surface area contributed by atoms with Crippen LogP contribution in [0.2, 0.25) is 0 Å². The molecule has 1 amide bonds. The summed E-state index contributed by atoms with van der Waals surface area (Å²) in [6, 6.07) is -0.978. The first-order valence-corrected chi connectivity index (χ1v) is 11.3. The summed E-state index contributed by atoms with van der Waals surface area (Å²) in [7, 11) is 0. The van der Waals surface area contributed by atoms with E-state index in [2.05, 4.69) is 24.5 Å². The van der Waals surface area contributed by atoms with Crippen molar-refractivity contribution in [2.75, 3.05) is 12.8 Å². The second kappa shape index (κ2) is 10.1. The Kier molecular flexibility index (Phi) is 8.67. The highest BCUT2D eigenvalue weighted by Gasteiger charge is 2.48. The van der Waals surface area contributed by atoms with E-state index in [1.165, 1.54) is 11.8 Å². The molecule has 0 radical (unpaired) electrons. The summed E-state index contributed by atoms with van der Waals surface area (Å²) in [6.45, 7) is 6.85. The van der Waals surface area contributed by atoms with Gasteiger partial charge in [0.2, 0.25) is 5.91 Å². The van der Waals surface area contributed by atoms with E-state index in [-0.39, 0.29) is 17.9 Å². The van der Waals surface area contributed by atoms with Crippen LogP contribution in [0.25, 0.3) is 0 Å². The first-order chi connectivity index (χ1) is 12.7. The molecule has 0 spiro atoms. The summed E-state index contributed by atoms with van der Waals surface area (Å²) in [5, 5.41) is 36.1. The summed E-state index contributed by atoms with van der Waals surface area (Å²) < 4.78 is 5.78. The quantitative estimate of drug-likeness (QED) is 0.356. The number of alkyl halides is 1. The minimum atomic E-state index is -1.36. The van der Waals surface area contributed by atoms with Gasteiger partial charge in [0.15, 0.2) is 0 Å². The van der Waals surface area contributed by atoms with Gasteiger partial charge in [-0.2, -0.15) is 0 Å². The Bertz CT molecular complexity index is 496. The molecule has 9 unspecified atom stereocenters. The lowest BCUT2D eigenvalue weighted by Crippen LogP contribution is -2.67. The van der Waals surface area contributed by atoms with Crippen LogP contribution in [0, 0.1) is 11.8 Å². The lowest BCUT2D eigenvalue weighted by Gasteiger charge is -2.45. The molecule has 158 valence electrons. The number of halogens is 1. The molecule has 0 aromatic rings. The number of aliphatic hydroxyl groups excluding tert-OH is 3. The van der Waals surface area contributed by atoms with E-state index in [0.717, 1.165) is 19.4 Å². The summed E-state index contributed by atoms with van der Waals surface area (Å²) in [5.74, 6) is 0.693. The molecule has 0 bridgehead atoms. The van der Waals surface area contributed by atoms with Crippen LogP contribution in [0.15, 0.2) is 0 Å². The molecule has 2 saturated heterocycles. The van der Waals surface area contributed by atoms with Crippen molar-refractivity contribution in [3.05, 3.63) is 0 Å². The Balaban J connectivity index is 2.03. The molecule has 0 aliphatic carbocycles. The van der Waals surface area contributed by atoms with Gasteiger partial charge in [-0.1, -0.05) is 20.3 Å². The van der Waals surface area contributed by atoms with Crippen LogP contribution in [0.5, 0.6) is 0 Å². The first kappa shape index (κ1) is 23.2. The number of rotatable bonds is 8. The van der Waals surface area contributed by atoms with Crippen molar-refractivity contribution < 1.29 is 24.9 Å². The summed E-state index contributed by atoms with van der Waals surface area (Å²) >= 11 is 7.52. The van der Waals surface area contributed by atoms with Crippen LogP contribution in [-0.4, -0.2) is 81.3 Å². The lowest BCUT2D eigenvalue weighted by atomic mass is 9.84.